The Morgan fingerprint density at radius 3 is 3.41 bits per heavy atom. The van der Waals surface area contributed by atoms with Gasteiger partial charge in [-0.25, -0.2) is 0 Å². The monoisotopic (exact) mass is 307 g/mol. The minimum absolute atomic E-state index is 0.0794. The van der Waals surface area contributed by atoms with E-state index < -0.39 is 43.6 Å². The highest BCUT2D eigenvalue weighted by molar-refractivity contribution is 5.62. The molecule has 5 rings (SSSR count). The summed E-state index contributed by atoms with van der Waals surface area (Å²) in [5.74, 6) is -0.142. The molecule has 2 aliphatic heterocycles. The fourth-order valence-corrected chi connectivity index (χ4v) is 4.86. The zero-order chi connectivity index (χ0) is 21.7. The van der Waals surface area contributed by atoms with E-state index in [1.165, 1.54) is 11.0 Å². The van der Waals surface area contributed by atoms with Gasteiger partial charge in [-0.05, 0) is 38.0 Å². The van der Waals surface area contributed by atoms with Crippen molar-refractivity contribution in [3.63, 3.8) is 0 Å². The quantitative estimate of drug-likeness (QED) is 0.841. The van der Waals surface area contributed by atoms with E-state index in [4.69, 9.17) is 24.2 Å². The Morgan fingerprint density at radius 1 is 1.55 bits per heavy atom. The molecule has 22 heavy (non-hydrogen) atoms. The second-order valence-corrected chi connectivity index (χ2v) is 6.50. The van der Waals surface area contributed by atoms with Crippen LogP contribution in [0.5, 0.6) is 11.5 Å². The Labute approximate surface area is 141 Å². The van der Waals surface area contributed by atoms with Crippen LogP contribution in [0.3, 0.4) is 0 Å². The number of rotatable bonds is 2. The Hall–Kier alpha value is -1.52. The highest BCUT2D eigenvalue weighted by Gasteiger charge is 2.64. The van der Waals surface area contributed by atoms with Gasteiger partial charge in [0.25, 0.3) is 0 Å². The lowest BCUT2D eigenvalue weighted by Crippen LogP contribution is -2.64. The van der Waals surface area contributed by atoms with Crippen LogP contribution in [0.2, 0.25) is 0 Å². The molecule has 116 valence electrons. The summed E-state index contributed by atoms with van der Waals surface area (Å²) in [6, 6.07) is 1.76. The van der Waals surface area contributed by atoms with Crippen molar-refractivity contribution in [2.45, 2.75) is 36.5 Å². The molecule has 0 aromatic heterocycles. The van der Waals surface area contributed by atoms with Gasteiger partial charge in [-0.1, -0.05) is 18.2 Å². The molecule has 1 aromatic rings. The smallest absolute Gasteiger partial charge is 0.211 e. The number of ether oxygens (including phenoxy) is 2. The summed E-state index contributed by atoms with van der Waals surface area (Å²) in [6.45, 7) is -2.28. The molecule has 4 aliphatic rings. The standard InChI is InChI=1S/C18H21NO3/c1-19-8-7-18-11-4-5-13(20)17(18)22-16-14(21-2)6-3-10(15(16)18)9-12(11)19/h3-6,11-13,17,20H,7-9H2,1-2H3/t11-,12+,13?,17?,18-/m0/s1/i1D3,2D3,12D,20D. The Kier molecular flexibility index (Phi) is 1.36. The van der Waals surface area contributed by atoms with E-state index in [0.29, 0.717) is 12.2 Å². The fraction of sp³-hybridized carbons (Fsp3) is 0.556. The van der Waals surface area contributed by atoms with Crippen molar-refractivity contribution >= 4 is 0 Å². The van der Waals surface area contributed by atoms with Crippen LogP contribution in [-0.4, -0.2) is 50.2 Å². The van der Waals surface area contributed by atoms with Crippen LogP contribution in [0.25, 0.3) is 0 Å². The lowest BCUT2D eigenvalue weighted by molar-refractivity contribution is -0.0453. The van der Waals surface area contributed by atoms with Gasteiger partial charge in [0, 0.05) is 28.4 Å². The lowest BCUT2D eigenvalue weighted by atomic mass is 9.53. The normalized spacial score (nSPS) is 50.8. The van der Waals surface area contributed by atoms with Gasteiger partial charge in [-0.3, -0.25) is 0 Å². The Bertz CT molecular complexity index is 931. The van der Waals surface area contributed by atoms with Crippen LogP contribution in [0.1, 0.15) is 27.1 Å². The molecule has 2 bridgehead atoms. The number of aliphatic hydroxyl groups is 1. The van der Waals surface area contributed by atoms with E-state index in [1.54, 1.807) is 18.2 Å². The highest BCUT2D eigenvalue weighted by atomic mass is 16.5. The third-order valence-electron chi connectivity index (χ3n) is 5.71. The van der Waals surface area contributed by atoms with E-state index >= 15 is 0 Å². The summed E-state index contributed by atoms with van der Waals surface area (Å²) in [5.41, 5.74) is 0.712. The molecule has 1 fully saturated rings. The minimum Gasteiger partial charge on any atom is -0.493 e. The van der Waals surface area contributed by atoms with Crippen LogP contribution in [0.15, 0.2) is 24.3 Å². The zero-order valence-electron chi connectivity index (χ0n) is 19.8. The molecule has 1 aromatic carbocycles. The van der Waals surface area contributed by atoms with Crippen molar-refractivity contribution in [3.8, 4) is 11.5 Å². The third kappa shape index (κ3) is 1.28. The van der Waals surface area contributed by atoms with E-state index in [1.807, 2.05) is 0 Å². The second kappa shape index (κ2) is 4.06. The number of methoxy groups -OCH3 is 1. The van der Waals surface area contributed by atoms with Crippen molar-refractivity contribution in [1.29, 1.82) is 1.43 Å². The number of benzene rings is 1. The molecule has 1 spiro atoms. The summed E-state index contributed by atoms with van der Waals surface area (Å²) in [5, 5.41) is 4.90. The van der Waals surface area contributed by atoms with Crippen LogP contribution in [0.4, 0.5) is 0 Å². The molecule has 4 nitrogen and oxygen atoms in total. The van der Waals surface area contributed by atoms with Gasteiger partial charge in [-0.15, -0.1) is 0 Å². The van der Waals surface area contributed by atoms with Crippen molar-refractivity contribution in [2.24, 2.45) is 5.92 Å². The number of piperidine rings is 1. The van der Waals surface area contributed by atoms with E-state index in [-0.39, 0.29) is 18.7 Å². The average molecular weight is 307 g/mol. The molecular weight excluding hydrogens is 278 g/mol. The molecule has 2 unspecified atom stereocenters. The van der Waals surface area contributed by atoms with E-state index in [0.717, 1.165) is 11.1 Å². The molecule has 1 N–H and O–H groups in total. The first-order chi connectivity index (χ1) is 13.9. The maximum atomic E-state index is 9.30. The number of aliphatic hydroxyl groups excluding tert-OH is 1. The van der Waals surface area contributed by atoms with Gasteiger partial charge >= 0.3 is 0 Å². The topological polar surface area (TPSA) is 41.9 Å². The SMILES string of the molecule is [2H]OC1C=C[C@@H]2[C@@]34CCN(C([2H])([2H])[2H])[C@]2([2H])Cc2ccc(OC([2H])([2H])[2H])c(c23)OC14. The van der Waals surface area contributed by atoms with Gasteiger partial charge in [0.2, 0.25) is 1.43 Å². The summed E-state index contributed by atoms with van der Waals surface area (Å²) >= 11 is 0. The first kappa shape index (κ1) is 7.37. The van der Waals surface area contributed by atoms with Crippen LogP contribution in [-0.2, 0) is 11.8 Å². The number of likely N-dealkylation sites (N-methyl/N-ethyl adjacent to an activating group) is 1. The van der Waals surface area contributed by atoms with Gasteiger partial charge < -0.3 is 19.5 Å². The molecule has 2 aliphatic carbocycles. The van der Waals surface area contributed by atoms with Crippen molar-refractivity contribution in [2.75, 3.05) is 20.6 Å². The molecule has 4 heteroatoms. The Balaban J connectivity index is 1.75. The summed E-state index contributed by atoms with van der Waals surface area (Å²) < 4.78 is 74.6. The fourth-order valence-electron chi connectivity index (χ4n) is 4.86. The first-order valence-corrected chi connectivity index (χ1v) is 7.52. The molecule has 2 heterocycles. The van der Waals surface area contributed by atoms with Gasteiger partial charge in [0.1, 0.15) is 12.2 Å². The van der Waals surface area contributed by atoms with Crippen molar-refractivity contribution in [1.82, 2.24) is 4.90 Å². The summed E-state index contributed by atoms with van der Waals surface area (Å²) in [4.78, 5) is 1.27. The molecule has 0 radical (unpaired) electrons. The zero-order valence-corrected chi connectivity index (χ0v) is 11.8. The maximum Gasteiger partial charge on any atom is 0.211 e. The number of hydrogen-bond donors (Lipinski definition) is 1. The average Bonchev–Trinajstić information content (AvgIpc) is 2.95. The van der Waals surface area contributed by atoms with E-state index in [9.17, 15) is 1.37 Å². The third-order valence-corrected chi connectivity index (χ3v) is 5.71. The molecule has 1 saturated heterocycles. The van der Waals surface area contributed by atoms with Crippen LogP contribution in [0, 0.1) is 5.92 Å². The highest BCUT2D eigenvalue weighted by Crippen LogP contribution is 2.62. The summed E-state index contributed by atoms with van der Waals surface area (Å²) in [7, 11) is -2.67. The van der Waals surface area contributed by atoms with Crippen molar-refractivity contribution in [3.05, 3.63) is 35.4 Å². The minimum atomic E-state index is -2.67. The van der Waals surface area contributed by atoms with Gasteiger partial charge in [0.05, 0.1) is 11.2 Å². The predicted octanol–water partition coefficient (Wildman–Crippen LogP) is 1.50. The van der Waals surface area contributed by atoms with Gasteiger partial charge in [-0.2, -0.15) is 0 Å². The molecule has 5 atom stereocenters. The summed E-state index contributed by atoms with van der Waals surface area (Å²) in [6.07, 6.45) is 2.55. The van der Waals surface area contributed by atoms with Gasteiger partial charge in [0.15, 0.2) is 11.5 Å². The number of likely N-dealkylation sites (tertiary alicyclic amines) is 1. The molecular formula is C18H21NO3. The lowest BCUT2D eigenvalue weighted by Gasteiger charge is -2.56. The maximum absolute atomic E-state index is 9.30. The van der Waals surface area contributed by atoms with Crippen molar-refractivity contribution < 1.29 is 24.2 Å². The largest absolute Gasteiger partial charge is 0.493 e. The van der Waals surface area contributed by atoms with Crippen LogP contribution >= 0.6 is 0 Å². The molecule has 0 amide bonds. The van der Waals surface area contributed by atoms with Crippen LogP contribution < -0.4 is 9.47 Å². The number of hydrogen-bond acceptors (Lipinski definition) is 4. The molecule has 0 saturated carbocycles. The first-order valence-electron chi connectivity index (χ1n) is 11.4. The number of nitrogens with zero attached hydrogens (tertiary/aromatic N) is 1. The second-order valence-electron chi connectivity index (χ2n) is 6.50. The van der Waals surface area contributed by atoms with E-state index in [2.05, 4.69) is 0 Å². The predicted molar refractivity (Wildman–Crippen MR) is 82.5 cm³/mol. The Morgan fingerprint density at radius 2 is 2.55 bits per heavy atom.